The van der Waals surface area contributed by atoms with E-state index >= 15 is 0 Å². The number of ketones is 2. The number of unbranched alkanes of at least 4 members (excludes halogenated alkanes) is 3. The third-order valence-electron chi connectivity index (χ3n) is 5.58. The van der Waals surface area contributed by atoms with Gasteiger partial charge in [-0.15, -0.1) is 0 Å². The molecule has 0 radical (unpaired) electrons. The van der Waals surface area contributed by atoms with Crippen LogP contribution in [0.2, 0.25) is 0 Å². The smallest absolute Gasteiger partial charge is 0.305 e. The molecular weight excluding hydrogens is 398 g/mol. The molecule has 0 bridgehead atoms. The highest BCUT2D eigenvalue weighted by molar-refractivity contribution is 7.81. The standard InChI is InChI=1S/C22H34F2O4S/c1-3-4-14-22(23,24)20(26)13-12-17-16(18(25)15-19(17)29)10-8-6-5-7-9-11-21(27)28-2/h6,8,16-17,19,29H,3-5,7,9-15H2,1-2H3/b8-6-/t16?,17?,19-/m1/s1. The summed E-state index contributed by atoms with van der Waals surface area (Å²) in [6.07, 6.45) is 8.19. The number of esters is 1. The fraction of sp³-hybridized carbons (Fsp3) is 0.773. The van der Waals surface area contributed by atoms with Crippen LogP contribution < -0.4 is 0 Å². The average Bonchev–Trinajstić information content (AvgIpc) is 2.95. The molecule has 29 heavy (non-hydrogen) atoms. The molecule has 0 heterocycles. The summed E-state index contributed by atoms with van der Waals surface area (Å²) in [4.78, 5) is 35.3. The molecule has 0 aromatic heterocycles. The Hall–Kier alpha value is -1.24. The van der Waals surface area contributed by atoms with E-state index in [-0.39, 0.29) is 41.7 Å². The number of carbonyl (C=O) groups is 3. The Morgan fingerprint density at radius 3 is 2.59 bits per heavy atom. The zero-order chi connectivity index (χ0) is 21.9. The lowest BCUT2D eigenvalue weighted by Crippen LogP contribution is -2.30. The fourth-order valence-corrected chi connectivity index (χ4v) is 4.27. The molecule has 1 rings (SSSR count). The minimum atomic E-state index is -3.27. The zero-order valence-electron chi connectivity index (χ0n) is 17.5. The predicted molar refractivity (Wildman–Crippen MR) is 112 cm³/mol. The van der Waals surface area contributed by atoms with Gasteiger partial charge in [0.1, 0.15) is 5.78 Å². The highest BCUT2D eigenvalue weighted by Gasteiger charge is 2.42. The van der Waals surface area contributed by atoms with E-state index in [2.05, 4.69) is 17.4 Å². The molecule has 3 atom stereocenters. The van der Waals surface area contributed by atoms with Crippen LogP contribution in [0.5, 0.6) is 0 Å². The largest absolute Gasteiger partial charge is 0.469 e. The molecule has 0 aromatic carbocycles. The first-order valence-electron chi connectivity index (χ1n) is 10.6. The van der Waals surface area contributed by atoms with Gasteiger partial charge in [-0.1, -0.05) is 25.5 Å². The van der Waals surface area contributed by atoms with Crippen LogP contribution >= 0.6 is 12.6 Å². The van der Waals surface area contributed by atoms with Gasteiger partial charge in [0.05, 0.1) is 7.11 Å². The molecule has 0 amide bonds. The van der Waals surface area contributed by atoms with E-state index in [4.69, 9.17) is 0 Å². The number of ether oxygens (including phenoxy) is 1. The van der Waals surface area contributed by atoms with E-state index in [1.807, 2.05) is 19.1 Å². The first-order chi connectivity index (χ1) is 13.7. The molecule has 0 saturated heterocycles. The van der Waals surface area contributed by atoms with Crippen LogP contribution in [-0.2, 0) is 19.1 Å². The maximum Gasteiger partial charge on any atom is 0.305 e. The summed E-state index contributed by atoms with van der Waals surface area (Å²) in [6, 6.07) is 0. The van der Waals surface area contributed by atoms with Gasteiger partial charge >= 0.3 is 11.9 Å². The SMILES string of the molecule is CCCCC(F)(F)C(=O)CCC1C(C/C=C\CCCCC(=O)OC)C(=O)C[C@H]1S. The second kappa shape index (κ2) is 13.1. The summed E-state index contributed by atoms with van der Waals surface area (Å²) >= 11 is 4.47. The van der Waals surface area contributed by atoms with Gasteiger partial charge in [0.15, 0.2) is 0 Å². The van der Waals surface area contributed by atoms with E-state index in [0.29, 0.717) is 32.1 Å². The minimum absolute atomic E-state index is 0.0931. The lowest BCUT2D eigenvalue weighted by Gasteiger charge is -2.21. The van der Waals surface area contributed by atoms with Crippen molar-refractivity contribution in [2.75, 3.05) is 7.11 Å². The number of Topliss-reactive ketones (excluding diaryl/α,β-unsaturated/α-hetero) is 2. The molecule has 0 spiro atoms. The second-order valence-corrected chi connectivity index (χ2v) is 8.47. The summed E-state index contributed by atoms with van der Waals surface area (Å²) in [5, 5.41) is -0.182. The number of carbonyl (C=O) groups excluding carboxylic acids is 3. The highest BCUT2D eigenvalue weighted by atomic mass is 32.1. The van der Waals surface area contributed by atoms with Crippen LogP contribution in [0.25, 0.3) is 0 Å². The normalized spacial score (nSPS) is 22.4. The van der Waals surface area contributed by atoms with Crippen LogP contribution in [0.3, 0.4) is 0 Å². The van der Waals surface area contributed by atoms with Crippen LogP contribution in [0.4, 0.5) is 8.78 Å². The van der Waals surface area contributed by atoms with Gasteiger partial charge in [-0.2, -0.15) is 21.4 Å². The quantitative estimate of drug-likeness (QED) is 0.174. The van der Waals surface area contributed by atoms with E-state index in [0.717, 1.165) is 19.3 Å². The number of halogens is 2. The van der Waals surface area contributed by atoms with E-state index in [1.54, 1.807) is 0 Å². The zero-order valence-corrected chi connectivity index (χ0v) is 18.4. The first kappa shape index (κ1) is 25.8. The van der Waals surface area contributed by atoms with Gasteiger partial charge in [-0.25, -0.2) is 0 Å². The van der Waals surface area contributed by atoms with E-state index in [1.165, 1.54) is 7.11 Å². The van der Waals surface area contributed by atoms with Gasteiger partial charge < -0.3 is 4.74 Å². The van der Waals surface area contributed by atoms with Crippen LogP contribution in [0.15, 0.2) is 12.2 Å². The maximum absolute atomic E-state index is 13.9. The van der Waals surface area contributed by atoms with Crippen molar-refractivity contribution in [1.29, 1.82) is 0 Å². The highest BCUT2D eigenvalue weighted by Crippen LogP contribution is 2.39. The van der Waals surface area contributed by atoms with Crippen molar-refractivity contribution in [1.82, 2.24) is 0 Å². The monoisotopic (exact) mass is 432 g/mol. The van der Waals surface area contributed by atoms with Crippen LogP contribution in [0.1, 0.15) is 77.6 Å². The van der Waals surface area contributed by atoms with Crippen molar-refractivity contribution in [2.45, 2.75) is 88.7 Å². The summed E-state index contributed by atoms with van der Waals surface area (Å²) < 4.78 is 32.4. The van der Waals surface area contributed by atoms with Crippen molar-refractivity contribution in [3.63, 3.8) is 0 Å². The van der Waals surface area contributed by atoms with Crippen LogP contribution in [-0.4, -0.2) is 35.8 Å². The molecule has 1 aliphatic carbocycles. The number of hydrogen-bond donors (Lipinski definition) is 1. The molecule has 7 heteroatoms. The van der Waals surface area contributed by atoms with Crippen molar-refractivity contribution < 1.29 is 27.9 Å². The van der Waals surface area contributed by atoms with Gasteiger partial charge in [0.2, 0.25) is 5.78 Å². The van der Waals surface area contributed by atoms with Gasteiger partial charge in [-0.05, 0) is 44.4 Å². The molecule has 0 aliphatic heterocycles. The average molecular weight is 433 g/mol. The summed E-state index contributed by atoms with van der Waals surface area (Å²) in [7, 11) is 1.37. The maximum atomic E-state index is 13.9. The number of allylic oxidation sites excluding steroid dienone is 2. The molecule has 4 nitrogen and oxygen atoms in total. The molecular formula is C22H34F2O4S. The molecule has 0 N–H and O–H groups in total. The number of methoxy groups -OCH3 is 1. The van der Waals surface area contributed by atoms with Crippen molar-refractivity contribution in [3.05, 3.63) is 12.2 Å². The Morgan fingerprint density at radius 1 is 1.21 bits per heavy atom. The third-order valence-corrected chi connectivity index (χ3v) is 6.14. The van der Waals surface area contributed by atoms with E-state index in [9.17, 15) is 23.2 Å². The molecule has 2 unspecified atom stereocenters. The van der Waals surface area contributed by atoms with Gasteiger partial charge in [0, 0.05) is 36.9 Å². The lowest BCUT2D eigenvalue weighted by molar-refractivity contribution is -0.144. The number of alkyl halides is 2. The molecule has 166 valence electrons. The molecule has 1 saturated carbocycles. The molecule has 1 aliphatic rings. The van der Waals surface area contributed by atoms with Crippen molar-refractivity contribution in [3.8, 4) is 0 Å². The Labute approximate surface area is 178 Å². The summed E-state index contributed by atoms with van der Waals surface area (Å²) in [6.45, 7) is 1.81. The number of thiol groups is 1. The van der Waals surface area contributed by atoms with Crippen molar-refractivity contribution >= 4 is 30.2 Å². The Balaban J connectivity index is 2.46. The molecule has 0 aromatic rings. The van der Waals surface area contributed by atoms with Gasteiger partial charge in [-0.3, -0.25) is 14.4 Å². The summed E-state index contributed by atoms with van der Waals surface area (Å²) in [5.41, 5.74) is 0. The van der Waals surface area contributed by atoms with Crippen molar-refractivity contribution in [2.24, 2.45) is 11.8 Å². The number of rotatable bonds is 14. The Bertz CT molecular complexity index is 577. The topological polar surface area (TPSA) is 60.4 Å². The fourth-order valence-electron chi connectivity index (χ4n) is 3.73. The minimum Gasteiger partial charge on any atom is -0.469 e. The third kappa shape index (κ3) is 8.97. The van der Waals surface area contributed by atoms with Crippen LogP contribution in [0, 0.1) is 11.8 Å². The lowest BCUT2D eigenvalue weighted by atomic mass is 9.86. The summed E-state index contributed by atoms with van der Waals surface area (Å²) in [5.74, 6) is -4.84. The van der Waals surface area contributed by atoms with Gasteiger partial charge in [0.25, 0.3) is 0 Å². The number of hydrogen-bond acceptors (Lipinski definition) is 5. The predicted octanol–water partition coefficient (Wildman–Crippen LogP) is 5.34. The second-order valence-electron chi connectivity index (χ2n) is 7.81. The Kier molecular flexibility index (Phi) is 11.7. The Morgan fingerprint density at radius 2 is 1.93 bits per heavy atom. The van der Waals surface area contributed by atoms with E-state index < -0.39 is 18.1 Å². The molecule has 1 fully saturated rings. The first-order valence-corrected chi connectivity index (χ1v) is 11.1.